The number of halogens is 4. The lowest BCUT2D eigenvalue weighted by Gasteiger charge is -2.32. The summed E-state index contributed by atoms with van der Waals surface area (Å²) in [7, 11) is 0. The van der Waals surface area contributed by atoms with Crippen LogP contribution in [0.2, 0.25) is 0 Å². The Bertz CT molecular complexity index is 487. The highest BCUT2D eigenvalue weighted by molar-refractivity contribution is 9.10. The SMILES string of the molecule is CCC1CCCC(C(O)c2ccc(Br)c(C(F)(F)F)c2)C1. The molecule has 0 aliphatic heterocycles. The first kappa shape index (κ1) is 16.8. The van der Waals surface area contributed by atoms with Gasteiger partial charge in [-0.05, 0) is 42.4 Å². The largest absolute Gasteiger partial charge is 0.417 e. The average Bonchev–Trinajstić information content (AvgIpc) is 2.46. The average molecular weight is 365 g/mol. The minimum Gasteiger partial charge on any atom is -0.388 e. The molecule has 118 valence electrons. The zero-order valence-electron chi connectivity index (χ0n) is 12.0. The highest BCUT2D eigenvalue weighted by Gasteiger charge is 2.34. The van der Waals surface area contributed by atoms with E-state index in [1.165, 1.54) is 6.07 Å². The van der Waals surface area contributed by atoms with E-state index in [-0.39, 0.29) is 10.4 Å². The van der Waals surface area contributed by atoms with Crippen LogP contribution in [0.4, 0.5) is 13.2 Å². The van der Waals surface area contributed by atoms with Crippen molar-refractivity contribution in [2.75, 3.05) is 0 Å². The number of aliphatic hydroxyl groups is 1. The van der Waals surface area contributed by atoms with Crippen LogP contribution in [0.25, 0.3) is 0 Å². The fourth-order valence-corrected chi connectivity index (χ4v) is 3.68. The number of hydrogen-bond donors (Lipinski definition) is 1. The smallest absolute Gasteiger partial charge is 0.388 e. The predicted octanol–water partition coefficient (Wildman–Crippen LogP) is 5.72. The molecule has 3 unspecified atom stereocenters. The van der Waals surface area contributed by atoms with Crippen molar-refractivity contribution in [3.63, 3.8) is 0 Å². The quantitative estimate of drug-likeness (QED) is 0.727. The summed E-state index contributed by atoms with van der Waals surface area (Å²) >= 11 is 2.93. The van der Waals surface area contributed by atoms with Gasteiger partial charge < -0.3 is 5.11 Å². The number of rotatable bonds is 3. The van der Waals surface area contributed by atoms with Crippen LogP contribution < -0.4 is 0 Å². The molecule has 1 fully saturated rings. The Labute approximate surface area is 131 Å². The van der Waals surface area contributed by atoms with Gasteiger partial charge in [0.2, 0.25) is 0 Å². The third-order valence-corrected chi connectivity index (χ3v) is 5.18. The lowest BCUT2D eigenvalue weighted by atomic mass is 9.76. The molecular weight excluding hydrogens is 345 g/mol. The van der Waals surface area contributed by atoms with Crippen molar-refractivity contribution < 1.29 is 18.3 Å². The molecule has 1 aromatic carbocycles. The number of alkyl halides is 3. The molecule has 1 nitrogen and oxygen atoms in total. The van der Waals surface area contributed by atoms with Crippen LogP contribution in [0.1, 0.15) is 56.3 Å². The monoisotopic (exact) mass is 364 g/mol. The highest BCUT2D eigenvalue weighted by Crippen LogP contribution is 2.41. The number of hydrogen-bond acceptors (Lipinski definition) is 1. The Morgan fingerprint density at radius 1 is 1.33 bits per heavy atom. The molecule has 1 aliphatic carbocycles. The maximum atomic E-state index is 12.9. The van der Waals surface area contributed by atoms with E-state index >= 15 is 0 Å². The van der Waals surface area contributed by atoms with Gasteiger partial charge in [0.15, 0.2) is 0 Å². The van der Waals surface area contributed by atoms with Crippen molar-refractivity contribution in [1.82, 2.24) is 0 Å². The van der Waals surface area contributed by atoms with Crippen molar-refractivity contribution in [2.24, 2.45) is 11.8 Å². The predicted molar refractivity (Wildman–Crippen MR) is 79.8 cm³/mol. The summed E-state index contributed by atoms with van der Waals surface area (Å²) in [5, 5.41) is 10.5. The summed E-state index contributed by atoms with van der Waals surface area (Å²) in [5.41, 5.74) is -0.353. The van der Waals surface area contributed by atoms with Gasteiger partial charge in [0.05, 0.1) is 11.7 Å². The van der Waals surface area contributed by atoms with Crippen LogP contribution in [0, 0.1) is 11.8 Å². The van der Waals surface area contributed by atoms with Crippen molar-refractivity contribution in [3.8, 4) is 0 Å². The summed E-state index contributed by atoms with van der Waals surface area (Å²) < 4.78 is 38.8. The van der Waals surface area contributed by atoms with Gasteiger partial charge in [0.1, 0.15) is 0 Å². The van der Waals surface area contributed by atoms with Gasteiger partial charge in [0, 0.05) is 4.47 Å². The maximum absolute atomic E-state index is 12.9. The Kier molecular flexibility index (Phi) is 5.36. The summed E-state index contributed by atoms with van der Waals surface area (Å²) in [5.74, 6) is 0.641. The zero-order valence-corrected chi connectivity index (χ0v) is 13.5. The maximum Gasteiger partial charge on any atom is 0.417 e. The van der Waals surface area contributed by atoms with Gasteiger partial charge >= 0.3 is 6.18 Å². The first-order valence-electron chi connectivity index (χ1n) is 7.37. The molecule has 0 bridgehead atoms. The lowest BCUT2D eigenvalue weighted by Crippen LogP contribution is -2.21. The van der Waals surface area contributed by atoms with Gasteiger partial charge in [-0.15, -0.1) is 0 Å². The van der Waals surface area contributed by atoms with Crippen LogP contribution in [0.3, 0.4) is 0 Å². The third kappa shape index (κ3) is 4.01. The molecule has 5 heteroatoms. The summed E-state index contributed by atoms with van der Waals surface area (Å²) in [6, 6.07) is 4.03. The molecule has 0 radical (unpaired) electrons. The van der Waals surface area contributed by atoms with E-state index in [2.05, 4.69) is 22.9 Å². The lowest BCUT2D eigenvalue weighted by molar-refractivity contribution is -0.138. The molecule has 0 saturated heterocycles. The Balaban J connectivity index is 2.21. The zero-order chi connectivity index (χ0) is 15.6. The molecule has 3 atom stereocenters. The third-order valence-electron chi connectivity index (χ3n) is 4.48. The van der Waals surface area contributed by atoms with Crippen LogP contribution in [-0.4, -0.2) is 5.11 Å². The fraction of sp³-hybridized carbons (Fsp3) is 0.625. The van der Waals surface area contributed by atoms with Gasteiger partial charge in [-0.3, -0.25) is 0 Å². The number of aliphatic hydroxyl groups excluding tert-OH is 1. The molecule has 0 aromatic heterocycles. The first-order valence-corrected chi connectivity index (χ1v) is 8.17. The van der Waals surface area contributed by atoms with Crippen molar-refractivity contribution >= 4 is 15.9 Å². The van der Waals surface area contributed by atoms with E-state index < -0.39 is 17.8 Å². The summed E-state index contributed by atoms with van der Waals surface area (Å²) in [6.45, 7) is 2.13. The second kappa shape index (κ2) is 6.69. The minimum atomic E-state index is -4.41. The van der Waals surface area contributed by atoms with Gasteiger partial charge in [-0.1, -0.05) is 48.2 Å². The van der Waals surface area contributed by atoms with E-state index in [9.17, 15) is 18.3 Å². The van der Waals surface area contributed by atoms with Gasteiger partial charge in [-0.2, -0.15) is 13.2 Å². The molecule has 1 aliphatic rings. The van der Waals surface area contributed by atoms with Crippen molar-refractivity contribution in [1.29, 1.82) is 0 Å². The molecule has 21 heavy (non-hydrogen) atoms. The Morgan fingerprint density at radius 3 is 2.67 bits per heavy atom. The second-order valence-electron chi connectivity index (χ2n) is 5.88. The van der Waals surface area contributed by atoms with Crippen molar-refractivity contribution in [3.05, 3.63) is 33.8 Å². The van der Waals surface area contributed by atoms with Gasteiger partial charge in [0.25, 0.3) is 0 Å². The van der Waals surface area contributed by atoms with E-state index in [4.69, 9.17) is 0 Å². The van der Waals surface area contributed by atoms with Crippen LogP contribution in [-0.2, 0) is 6.18 Å². The van der Waals surface area contributed by atoms with Crippen LogP contribution in [0.15, 0.2) is 22.7 Å². The van der Waals surface area contributed by atoms with E-state index in [1.807, 2.05) is 0 Å². The molecule has 1 N–H and O–H groups in total. The fourth-order valence-electron chi connectivity index (χ4n) is 3.21. The molecule has 0 spiro atoms. The standard InChI is InChI=1S/C16H20BrF3O/c1-2-10-4-3-5-11(8-10)15(21)12-6-7-14(17)13(9-12)16(18,19)20/h6-7,9-11,15,21H,2-5,8H2,1H3. The molecular formula is C16H20BrF3O. The molecule has 0 heterocycles. The highest BCUT2D eigenvalue weighted by atomic mass is 79.9. The Hall–Kier alpha value is -0.550. The van der Waals surface area contributed by atoms with Crippen molar-refractivity contribution in [2.45, 2.75) is 51.3 Å². The Morgan fingerprint density at radius 2 is 2.05 bits per heavy atom. The molecule has 1 aromatic rings. The minimum absolute atomic E-state index is 0.0148. The summed E-state index contributed by atoms with van der Waals surface area (Å²) in [6.07, 6.45) is -0.167. The van der Waals surface area contributed by atoms with Crippen LogP contribution in [0.5, 0.6) is 0 Å². The second-order valence-corrected chi connectivity index (χ2v) is 6.74. The van der Waals surface area contributed by atoms with Gasteiger partial charge in [-0.25, -0.2) is 0 Å². The first-order chi connectivity index (χ1) is 9.82. The summed E-state index contributed by atoms with van der Waals surface area (Å²) in [4.78, 5) is 0. The number of benzene rings is 1. The normalized spacial score (nSPS) is 24.9. The van der Waals surface area contributed by atoms with E-state index in [0.717, 1.165) is 38.2 Å². The molecule has 2 rings (SSSR count). The van der Waals surface area contributed by atoms with E-state index in [0.29, 0.717) is 11.5 Å². The molecule has 0 amide bonds. The topological polar surface area (TPSA) is 20.2 Å². The van der Waals surface area contributed by atoms with E-state index in [1.54, 1.807) is 6.07 Å². The van der Waals surface area contributed by atoms with Crippen LogP contribution >= 0.6 is 15.9 Å². The molecule has 1 saturated carbocycles.